The van der Waals surface area contributed by atoms with Gasteiger partial charge in [-0.2, -0.15) is 0 Å². The first-order chi connectivity index (χ1) is 14.0. The fraction of sp³-hybridized carbons (Fsp3) is 0.391. The number of piperidine rings is 1. The number of benzene rings is 2. The molecule has 2 aromatic rings. The average Bonchev–Trinajstić information content (AvgIpc) is 2.73. The molecule has 154 valence electrons. The van der Waals surface area contributed by atoms with E-state index in [9.17, 15) is 9.59 Å². The number of amides is 2. The van der Waals surface area contributed by atoms with Gasteiger partial charge in [0.1, 0.15) is 5.75 Å². The summed E-state index contributed by atoms with van der Waals surface area (Å²) in [6.07, 6.45) is 2.65. The maximum absolute atomic E-state index is 12.2. The number of nitrogens with zero attached hydrogens (tertiary/aromatic N) is 1. The fourth-order valence-electron chi connectivity index (χ4n) is 3.53. The van der Waals surface area contributed by atoms with Crippen LogP contribution in [0.2, 0.25) is 0 Å². The van der Waals surface area contributed by atoms with Gasteiger partial charge in [-0.15, -0.1) is 0 Å². The van der Waals surface area contributed by atoms with Crippen molar-refractivity contribution in [2.24, 2.45) is 11.7 Å². The van der Waals surface area contributed by atoms with E-state index >= 15 is 0 Å². The molecule has 2 aromatic carbocycles. The summed E-state index contributed by atoms with van der Waals surface area (Å²) in [4.78, 5) is 25.7. The molecule has 2 amide bonds. The highest BCUT2D eigenvalue weighted by Gasteiger charge is 2.23. The lowest BCUT2D eigenvalue weighted by atomic mass is 9.96. The number of para-hydroxylation sites is 1. The number of ether oxygens (including phenoxy) is 1. The second-order valence-corrected chi connectivity index (χ2v) is 7.48. The third-order valence-corrected chi connectivity index (χ3v) is 5.31. The standard InChI is InChI=1S/C23H29N3O3/c1-17-5-2-3-6-21(17)29-16-4-7-22(27)25-19-8-10-20(11-9-19)26-14-12-18(13-15-26)23(24)28/h2-3,5-6,8-11,18H,4,7,12-16H2,1H3,(H2,24,28)(H,25,27). The molecule has 0 saturated carbocycles. The molecule has 0 bridgehead atoms. The maximum atomic E-state index is 12.2. The molecule has 0 spiro atoms. The smallest absolute Gasteiger partial charge is 0.224 e. The van der Waals surface area contributed by atoms with Crippen LogP contribution in [0.1, 0.15) is 31.2 Å². The summed E-state index contributed by atoms with van der Waals surface area (Å²) in [5.74, 6) is 0.628. The molecule has 3 N–H and O–H groups in total. The highest BCUT2D eigenvalue weighted by molar-refractivity contribution is 5.90. The Morgan fingerprint density at radius 1 is 1.10 bits per heavy atom. The summed E-state index contributed by atoms with van der Waals surface area (Å²) < 4.78 is 5.73. The van der Waals surface area contributed by atoms with Crippen LogP contribution in [0.25, 0.3) is 0 Å². The monoisotopic (exact) mass is 395 g/mol. The number of carbonyl (C=O) groups is 2. The number of aryl methyl sites for hydroxylation is 1. The zero-order valence-corrected chi connectivity index (χ0v) is 16.9. The van der Waals surface area contributed by atoms with Crippen LogP contribution in [0.15, 0.2) is 48.5 Å². The summed E-state index contributed by atoms with van der Waals surface area (Å²) in [5, 5.41) is 2.93. The molecule has 1 aliphatic rings. The molecular weight excluding hydrogens is 366 g/mol. The second-order valence-electron chi connectivity index (χ2n) is 7.48. The van der Waals surface area contributed by atoms with Crippen molar-refractivity contribution >= 4 is 23.2 Å². The van der Waals surface area contributed by atoms with E-state index in [1.165, 1.54) is 0 Å². The van der Waals surface area contributed by atoms with Crippen molar-refractivity contribution in [2.75, 3.05) is 29.9 Å². The fourth-order valence-corrected chi connectivity index (χ4v) is 3.53. The summed E-state index contributed by atoms with van der Waals surface area (Å²) in [6, 6.07) is 15.7. The lowest BCUT2D eigenvalue weighted by Crippen LogP contribution is -2.38. The van der Waals surface area contributed by atoms with E-state index in [1.54, 1.807) is 0 Å². The molecule has 0 unspecified atom stereocenters. The van der Waals surface area contributed by atoms with Gasteiger partial charge in [0.05, 0.1) is 6.61 Å². The first-order valence-electron chi connectivity index (χ1n) is 10.2. The number of hydrogen-bond acceptors (Lipinski definition) is 4. The van der Waals surface area contributed by atoms with E-state index in [4.69, 9.17) is 10.5 Å². The third kappa shape index (κ3) is 5.98. The molecule has 1 heterocycles. The molecule has 6 heteroatoms. The molecule has 1 aliphatic heterocycles. The third-order valence-electron chi connectivity index (χ3n) is 5.31. The first kappa shape index (κ1) is 20.7. The molecule has 1 fully saturated rings. The lowest BCUT2D eigenvalue weighted by Gasteiger charge is -2.32. The van der Waals surface area contributed by atoms with Crippen molar-refractivity contribution in [3.63, 3.8) is 0 Å². The number of hydrogen-bond donors (Lipinski definition) is 2. The van der Waals surface area contributed by atoms with Crippen LogP contribution < -0.4 is 20.7 Å². The minimum atomic E-state index is -0.202. The highest BCUT2D eigenvalue weighted by atomic mass is 16.5. The Labute approximate surface area is 172 Å². The number of primary amides is 1. The minimum absolute atomic E-state index is 0.0143. The van der Waals surface area contributed by atoms with Gasteiger partial charge in [0.25, 0.3) is 0 Å². The SMILES string of the molecule is Cc1ccccc1OCCCC(=O)Nc1ccc(N2CCC(C(N)=O)CC2)cc1. The molecular formula is C23H29N3O3. The van der Waals surface area contributed by atoms with E-state index < -0.39 is 0 Å². The van der Waals surface area contributed by atoms with Gasteiger partial charge in [0.15, 0.2) is 0 Å². The summed E-state index contributed by atoms with van der Waals surface area (Å²) >= 11 is 0. The van der Waals surface area contributed by atoms with Gasteiger partial charge in [0.2, 0.25) is 11.8 Å². The van der Waals surface area contributed by atoms with Gasteiger partial charge in [0, 0.05) is 36.8 Å². The van der Waals surface area contributed by atoms with Gasteiger partial charge in [-0.3, -0.25) is 9.59 Å². The van der Waals surface area contributed by atoms with Gasteiger partial charge in [-0.05, 0) is 62.1 Å². The van der Waals surface area contributed by atoms with Crippen LogP contribution in [-0.4, -0.2) is 31.5 Å². The number of rotatable bonds is 8. The quantitative estimate of drug-likeness (QED) is 0.670. The van der Waals surface area contributed by atoms with Crippen LogP contribution in [-0.2, 0) is 9.59 Å². The van der Waals surface area contributed by atoms with Crippen LogP contribution in [0.5, 0.6) is 5.75 Å². The van der Waals surface area contributed by atoms with Crippen molar-refractivity contribution in [1.29, 1.82) is 0 Å². The molecule has 0 aromatic heterocycles. The zero-order valence-electron chi connectivity index (χ0n) is 16.9. The number of carbonyl (C=O) groups excluding carboxylic acids is 2. The van der Waals surface area contributed by atoms with Crippen molar-refractivity contribution in [1.82, 2.24) is 0 Å². The number of anilines is 2. The molecule has 1 saturated heterocycles. The first-order valence-corrected chi connectivity index (χ1v) is 10.2. The maximum Gasteiger partial charge on any atom is 0.224 e. The summed E-state index contributed by atoms with van der Waals surface area (Å²) in [7, 11) is 0. The van der Waals surface area contributed by atoms with Crippen molar-refractivity contribution in [3.8, 4) is 5.75 Å². The van der Waals surface area contributed by atoms with Gasteiger partial charge in [-0.1, -0.05) is 18.2 Å². The predicted molar refractivity (Wildman–Crippen MR) is 115 cm³/mol. The van der Waals surface area contributed by atoms with E-state index in [2.05, 4.69) is 10.2 Å². The van der Waals surface area contributed by atoms with E-state index in [0.29, 0.717) is 19.4 Å². The highest BCUT2D eigenvalue weighted by Crippen LogP contribution is 2.24. The Morgan fingerprint density at radius 3 is 2.45 bits per heavy atom. The molecule has 3 rings (SSSR count). The number of nitrogens with one attached hydrogen (secondary N) is 1. The predicted octanol–water partition coefficient (Wildman–Crippen LogP) is 3.49. The molecule has 29 heavy (non-hydrogen) atoms. The van der Waals surface area contributed by atoms with Crippen molar-refractivity contribution in [2.45, 2.75) is 32.6 Å². The van der Waals surface area contributed by atoms with Crippen molar-refractivity contribution in [3.05, 3.63) is 54.1 Å². The van der Waals surface area contributed by atoms with Crippen LogP contribution >= 0.6 is 0 Å². The van der Waals surface area contributed by atoms with E-state index in [-0.39, 0.29) is 17.7 Å². The Balaban J connectivity index is 1.39. The Hall–Kier alpha value is -3.02. The van der Waals surface area contributed by atoms with Gasteiger partial charge < -0.3 is 20.7 Å². The van der Waals surface area contributed by atoms with Crippen LogP contribution in [0, 0.1) is 12.8 Å². The summed E-state index contributed by atoms with van der Waals surface area (Å²) in [6.45, 7) is 4.16. The van der Waals surface area contributed by atoms with E-state index in [0.717, 1.165) is 48.6 Å². The topological polar surface area (TPSA) is 84.7 Å². The van der Waals surface area contributed by atoms with Crippen LogP contribution in [0.4, 0.5) is 11.4 Å². The Bertz CT molecular complexity index is 828. The largest absolute Gasteiger partial charge is 0.493 e. The average molecular weight is 396 g/mol. The Kier molecular flexibility index (Phi) is 7.11. The van der Waals surface area contributed by atoms with Crippen LogP contribution in [0.3, 0.4) is 0 Å². The molecule has 0 radical (unpaired) electrons. The Morgan fingerprint density at radius 2 is 1.79 bits per heavy atom. The summed E-state index contributed by atoms with van der Waals surface area (Å²) in [5.41, 5.74) is 8.36. The molecule has 0 atom stereocenters. The lowest BCUT2D eigenvalue weighted by molar-refractivity contribution is -0.122. The second kappa shape index (κ2) is 9.96. The minimum Gasteiger partial charge on any atom is -0.493 e. The van der Waals surface area contributed by atoms with Gasteiger partial charge in [-0.25, -0.2) is 0 Å². The molecule has 6 nitrogen and oxygen atoms in total. The van der Waals surface area contributed by atoms with E-state index in [1.807, 2.05) is 55.5 Å². The van der Waals surface area contributed by atoms with Gasteiger partial charge >= 0.3 is 0 Å². The zero-order chi connectivity index (χ0) is 20.6. The molecule has 0 aliphatic carbocycles. The normalized spacial score (nSPS) is 14.4. The van der Waals surface area contributed by atoms with Crippen molar-refractivity contribution < 1.29 is 14.3 Å². The number of nitrogens with two attached hydrogens (primary N) is 1.